The number of nitrogens with one attached hydrogen (secondary N) is 2. The Morgan fingerprint density at radius 3 is 3.10 bits per heavy atom. The van der Waals surface area contributed by atoms with Crippen LogP contribution in [0.1, 0.15) is 18.4 Å². The van der Waals surface area contributed by atoms with Gasteiger partial charge in [0.1, 0.15) is 5.65 Å². The minimum atomic E-state index is -0.0569. The predicted octanol–water partition coefficient (Wildman–Crippen LogP) is 0.0627. The first-order valence-electron chi connectivity index (χ1n) is 6.69. The molecule has 6 heteroatoms. The van der Waals surface area contributed by atoms with Crippen molar-refractivity contribution >= 4 is 11.6 Å². The molecule has 1 aliphatic rings. The fraction of sp³-hybridized carbons (Fsp3) is 0.357. The van der Waals surface area contributed by atoms with Gasteiger partial charge in [-0.1, -0.05) is 6.07 Å². The second-order valence-corrected chi connectivity index (χ2v) is 4.95. The number of amides is 1. The van der Waals surface area contributed by atoms with Crippen LogP contribution in [0.2, 0.25) is 0 Å². The Morgan fingerprint density at radius 1 is 1.40 bits per heavy atom. The van der Waals surface area contributed by atoms with E-state index in [1.165, 1.54) is 4.40 Å². The monoisotopic (exact) mass is 272 g/mol. The molecule has 3 heterocycles. The van der Waals surface area contributed by atoms with E-state index < -0.39 is 0 Å². The van der Waals surface area contributed by atoms with Crippen LogP contribution in [-0.4, -0.2) is 27.9 Å². The molecule has 0 saturated carbocycles. The van der Waals surface area contributed by atoms with Crippen molar-refractivity contribution < 1.29 is 4.79 Å². The Bertz CT molecular complexity index is 695. The maximum atomic E-state index is 12.2. The smallest absolute Gasteiger partial charge is 0.262 e. The van der Waals surface area contributed by atoms with Gasteiger partial charge in [0.2, 0.25) is 5.91 Å². The lowest BCUT2D eigenvalue weighted by Crippen LogP contribution is -2.36. The van der Waals surface area contributed by atoms with Crippen LogP contribution in [0.5, 0.6) is 0 Å². The summed E-state index contributed by atoms with van der Waals surface area (Å²) in [5.74, 6) is 0.101. The third-order valence-electron chi connectivity index (χ3n) is 3.48. The lowest BCUT2D eigenvalue weighted by atomic mass is 10.2. The molecule has 1 unspecified atom stereocenters. The second-order valence-electron chi connectivity index (χ2n) is 4.95. The first kappa shape index (κ1) is 12.8. The van der Waals surface area contributed by atoms with Gasteiger partial charge in [0.05, 0.1) is 0 Å². The molecule has 2 aromatic rings. The van der Waals surface area contributed by atoms with E-state index in [0.717, 1.165) is 6.42 Å². The number of pyridine rings is 1. The molecule has 0 bridgehead atoms. The normalized spacial score (nSPS) is 18.4. The lowest BCUT2D eigenvalue weighted by Gasteiger charge is -2.11. The molecule has 20 heavy (non-hydrogen) atoms. The molecule has 104 valence electrons. The first-order chi connectivity index (χ1) is 9.74. The molecule has 0 aliphatic carbocycles. The molecule has 1 fully saturated rings. The van der Waals surface area contributed by atoms with Gasteiger partial charge in [-0.05, 0) is 18.6 Å². The third-order valence-corrected chi connectivity index (χ3v) is 3.48. The van der Waals surface area contributed by atoms with Gasteiger partial charge < -0.3 is 10.6 Å². The minimum Gasteiger partial charge on any atom is -0.352 e. The van der Waals surface area contributed by atoms with Gasteiger partial charge in [0, 0.05) is 43.5 Å². The van der Waals surface area contributed by atoms with E-state index in [-0.39, 0.29) is 17.5 Å². The van der Waals surface area contributed by atoms with Crippen molar-refractivity contribution in [2.24, 2.45) is 0 Å². The fourth-order valence-electron chi connectivity index (χ4n) is 2.40. The topological polar surface area (TPSA) is 75.5 Å². The molecule has 2 aromatic heterocycles. The van der Waals surface area contributed by atoms with Crippen LogP contribution in [0.25, 0.3) is 5.65 Å². The average molecular weight is 272 g/mol. The van der Waals surface area contributed by atoms with Crippen molar-refractivity contribution in [3.05, 3.63) is 46.5 Å². The number of hydrogen-bond acceptors (Lipinski definition) is 4. The van der Waals surface area contributed by atoms with Crippen molar-refractivity contribution in [3.63, 3.8) is 0 Å². The molecule has 2 N–H and O–H groups in total. The summed E-state index contributed by atoms with van der Waals surface area (Å²) in [6.45, 7) is 1.12. The quantitative estimate of drug-likeness (QED) is 0.825. The van der Waals surface area contributed by atoms with Gasteiger partial charge in [-0.3, -0.25) is 14.0 Å². The molecule has 6 nitrogen and oxygen atoms in total. The van der Waals surface area contributed by atoms with Crippen LogP contribution in [0, 0.1) is 0 Å². The van der Waals surface area contributed by atoms with E-state index in [9.17, 15) is 9.59 Å². The highest BCUT2D eigenvalue weighted by molar-refractivity contribution is 5.78. The summed E-state index contributed by atoms with van der Waals surface area (Å²) in [5.41, 5.74) is 1.21. The summed E-state index contributed by atoms with van der Waals surface area (Å²) < 4.78 is 1.54. The van der Waals surface area contributed by atoms with Gasteiger partial charge in [-0.25, -0.2) is 4.98 Å². The molecular weight excluding hydrogens is 256 g/mol. The highest BCUT2D eigenvalue weighted by Crippen LogP contribution is 2.05. The highest BCUT2D eigenvalue weighted by atomic mass is 16.2. The Hall–Kier alpha value is -2.21. The van der Waals surface area contributed by atoms with Gasteiger partial charge in [0.15, 0.2) is 0 Å². The molecule has 1 aliphatic heterocycles. The predicted molar refractivity (Wildman–Crippen MR) is 74.3 cm³/mol. The summed E-state index contributed by atoms with van der Waals surface area (Å²) >= 11 is 0. The largest absolute Gasteiger partial charge is 0.352 e. The number of hydrogen-bond donors (Lipinski definition) is 2. The zero-order valence-corrected chi connectivity index (χ0v) is 11.0. The van der Waals surface area contributed by atoms with E-state index in [1.54, 1.807) is 24.5 Å². The zero-order chi connectivity index (χ0) is 13.9. The maximum Gasteiger partial charge on any atom is 0.262 e. The van der Waals surface area contributed by atoms with Crippen molar-refractivity contribution in [3.8, 4) is 0 Å². The van der Waals surface area contributed by atoms with E-state index in [0.29, 0.717) is 30.7 Å². The zero-order valence-electron chi connectivity index (χ0n) is 11.0. The molecule has 0 radical (unpaired) electrons. The summed E-state index contributed by atoms with van der Waals surface area (Å²) in [6.07, 6.45) is 4.76. The Balaban J connectivity index is 1.67. The molecule has 1 atom stereocenters. The summed E-state index contributed by atoms with van der Waals surface area (Å²) in [7, 11) is 0. The molecular formula is C14H16N4O2. The number of carbonyl (C=O) groups is 1. The van der Waals surface area contributed by atoms with Gasteiger partial charge in [0.25, 0.3) is 5.56 Å². The molecule has 0 spiro atoms. The third kappa shape index (κ3) is 2.55. The molecule has 0 aromatic carbocycles. The fourth-order valence-corrected chi connectivity index (χ4v) is 2.40. The molecule has 1 amide bonds. The standard InChI is InChI=1S/C14H16N4O2/c19-13-5-4-11(17-13)9-15-7-10-8-16-12-3-1-2-6-18(12)14(10)20/h1-3,6,8,11,15H,4-5,7,9H2,(H,17,19). The Morgan fingerprint density at radius 2 is 2.30 bits per heavy atom. The number of rotatable bonds is 4. The van der Waals surface area contributed by atoms with Gasteiger partial charge in [-0.15, -0.1) is 0 Å². The number of nitrogens with zero attached hydrogens (tertiary/aromatic N) is 2. The average Bonchev–Trinajstić information content (AvgIpc) is 2.87. The Labute approximate surface area is 115 Å². The summed E-state index contributed by atoms with van der Waals surface area (Å²) in [4.78, 5) is 27.6. The van der Waals surface area contributed by atoms with Crippen LogP contribution < -0.4 is 16.2 Å². The van der Waals surface area contributed by atoms with E-state index >= 15 is 0 Å². The van der Waals surface area contributed by atoms with E-state index in [4.69, 9.17) is 0 Å². The number of aromatic nitrogens is 2. The van der Waals surface area contributed by atoms with E-state index in [1.807, 2.05) is 6.07 Å². The highest BCUT2D eigenvalue weighted by Gasteiger charge is 2.19. The van der Waals surface area contributed by atoms with Crippen molar-refractivity contribution in [2.45, 2.75) is 25.4 Å². The van der Waals surface area contributed by atoms with Crippen LogP contribution in [0.15, 0.2) is 35.4 Å². The maximum absolute atomic E-state index is 12.2. The van der Waals surface area contributed by atoms with Crippen molar-refractivity contribution in [2.75, 3.05) is 6.54 Å². The summed E-state index contributed by atoms with van der Waals surface area (Å²) in [6, 6.07) is 5.62. The summed E-state index contributed by atoms with van der Waals surface area (Å²) in [5, 5.41) is 6.09. The van der Waals surface area contributed by atoms with Crippen molar-refractivity contribution in [1.82, 2.24) is 20.0 Å². The lowest BCUT2D eigenvalue weighted by molar-refractivity contribution is -0.119. The van der Waals surface area contributed by atoms with Crippen LogP contribution in [-0.2, 0) is 11.3 Å². The van der Waals surface area contributed by atoms with Crippen molar-refractivity contribution in [1.29, 1.82) is 0 Å². The minimum absolute atomic E-state index is 0.0569. The van der Waals surface area contributed by atoms with Crippen LogP contribution in [0.3, 0.4) is 0 Å². The van der Waals surface area contributed by atoms with Gasteiger partial charge >= 0.3 is 0 Å². The number of fused-ring (bicyclic) bond motifs is 1. The second kappa shape index (κ2) is 5.42. The molecule has 3 rings (SSSR count). The SMILES string of the molecule is O=C1CCC(CNCc2cnc3ccccn3c2=O)N1. The van der Waals surface area contributed by atoms with Crippen LogP contribution >= 0.6 is 0 Å². The first-order valence-corrected chi connectivity index (χ1v) is 6.69. The molecule has 1 saturated heterocycles. The Kier molecular flexibility index (Phi) is 3.47. The van der Waals surface area contributed by atoms with E-state index in [2.05, 4.69) is 15.6 Å². The number of carbonyl (C=O) groups excluding carboxylic acids is 1. The van der Waals surface area contributed by atoms with Crippen LogP contribution in [0.4, 0.5) is 0 Å². The van der Waals surface area contributed by atoms with Gasteiger partial charge in [-0.2, -0.15) is 0 Å².